The molecule has 3 aliphatic rings. The van der Waals surface area contributed by atoms with E-state index in [0.717, 1.165) is 24.2 Å². The van der Waals surface area contributed by atoms with E-state index in [0.29, 0.717) is 0 Å². The van der Waals surface area contributed by atoms with Gasteiger partial charge in [0.1, 0.15) is 0 Å². The first kappa shape index (κ1) is 28.3. The lowest BCUT2D eigenvalue weighted by Gasteiger charge is -2.40. The molecule has 0 saturated heterocycles. The third-order valence-electron chi connectivity index (χ3n) is 12.4. The summed E-state index contributed by atoms with van der Waals surface area (Å²) in [5.41, 5.74) is 19.5. The van der Waals surface area contributed by atoms with E-state index in [2.05, 4.69) is 180 Å². The van der Waals surface area contributed by atoms with Crippen molar-refractivity contribution >= 4 is 49.6 Å². The highest BCUT2D eigenvalue weighted by Gasteiger charge is 2.51. The molecule has 9 aromatic rings. The average molecular weight is 663 g/mol. The zero-order valence-electron chi connectivity index (χ0n) is 28.9. The van der Waals surface area contributed by atoms with Gasteiger partial charge in [0.25, 0.3) is 0 Å². The maximum Gasteiger partial charge on any atom is 0.0733 e. The number of hydrogen-bond acceptors (Lipinski definition) is 1. The third kappa shape index (κ3) is 3.36. The van der Waals surface area contributed by atoms with Crippen LogP contribution in [0.15, 0.2) is 164 Å². The SMILES string of the molecule is Cn1c2c(N(c3ccccc3)c3ccccc3)cccc2c2ccc3c(c21)-c1ccc2c4c(ccc(c14)C31c3ccccc3-c3ccccc31)CC2. The molecule has 12 rings (SSSR count). The number of hydrogen-bond donors (Lipinski definition) is 0. The topological polar surface area (TPSA) is 8.17 Å². The van der Waals surface area contributed by atoms with Gasteiger partial charge in [0.15, 0.2) is 0 Å². The van der Waals surface area contributed by atoms with Crippen LogP contribution >= 0.6 is 0 Å². The third-order valence-corrected chi connectivity index (χ3v) is 12.4. The highest BCUT2D eigenvalue weighted by atomic mass is 15.2. The summed E-state index contributed by atoms with van der Waals surface area (Å²) in [6.45, 7) is 0. The average Bonchev–Trinajstić information content (AvgIpc) is 3.86. The lowest BCUT2D eigenvalue weighted by Crippen LogP contribution is -2.32. The number of aryl methyl sites for hydroxylation is 3. The van der Waals surface area contributed by atoms with Gasteiger partial charge in [-0.25, -0.2) is 0 Å². The fourth-order valence-electron chi connectivity index (χ4n) is 10.5. The van der Waals surface area contributed by atoms with Crippen molar-refractivity contribution in [2.45, 2.75) is 18.3 Å². The Bertz CT molecular complexity index is 2870. The number of anilines is 3. The molecular formula is C50H34N2. The summed E-state index contributed by atoms with van der Waals surface area (Å²) in [4.78, 5) is 2.41. The monoisotopic (exact) mass is 662 g/mol. The fourth-order valence-corrected chi connectivity index (χ4v) is 10.5. The van der Waals surface area contributed by atoms with Gasteiger partial charge in [0, 0.05) is 34.8 Å². The maximum atomic E-state index is 2.51. The van der Waals surface area contributed by atoms with E-state index in [1.54, 1.807) is 0 Å². The minimum atomic E-state index is -0.428. The minimum Gasteiger partial charge on any atom is -0.341 e. The van der Waals surface area contributed by atoms with Crippen LogP contribution in [0.3, 0.4) is 0 Å². The molecule has 0 amide bonds. The molecule has 8 aromatic carbocycles. The molecule has 0 aliphatic heterocycles. The van der Waals surface area contributed by atoms with Crippen LogP contribution in [0.4, 0.5) is 17.1 Å². The summed E-state index contributed by atoms with van der Waals surface area (Å²) < 4.78 is 2.51. The van der Waals surface area contributed by atoms with Gasteiger partial charge in [-0.2, -0.15) is 0 Å². The molecule has 2 heteroatoms. The van der Waals surface area contributed by atoms with Crippen molar-refractivity contribution in [2.24, 2.45) is 7.05 Å². The number of nitrogens with zero attached hydrogens (tertiary/aromatic N) is 2. The van der Waals surface area contributed by atoms with Gasteiger partial charge in [0.05, 0.1) is 22.1 Å². The standard InChI is InChI=1S/C50H34N2/c1-51-48-37(19-12-22-44(48)52(33-13-4-2-5-14-33)34-15-6-3-7-16-34)38-28-30-43-47(49(38)51)39-27-25-31-23-24-32-26-29-42(46(39)45(31)32)50(43)40-20-10-8-17-35(40)36-18-9-11-21-41(36)50/h2-22,25-30H,23-24H2,1H3. The molecule has 3 aliphatic carbocycles. The molecule has 1 heterocycles. The number of fused-ring (bicyclic) bond motifs is 13. The first-order valence-electron chi connectivity index (χ1n) is 18.5. The second-order valence-corrected chi connectivity index (χ2v) is 14.8. The smallest absolute Gasteiger partial charge is 0.0733 e. The van der Waals surface area contributed by atoms with E-state index in [1.165, 1.54) is 93.9 Å². The van der Waals surface area contributed by atoms with Crippen LogP contribution in [0, 0.1) is 0 Å². The molecule has 0 N–H and O–H groups in total. The van der Waals surface area contributed by atoms with Crippen LogP contribution < -0.4 is 4.90 Å². The first-order valence-corrected chi connectivity index (χ1v) is 18.5. The minimum absolute atomic E-state index is 0.428. The van der Waals surface area contributed by atoms with E-state index < -0.39 is 5.41 Å². The Labute approximate surface area is 302 Å². The molecule has 0 unspecified atom stereocenters. The maximum absolute atomic E-state index is 2.51. The van der Waals surface area contributed by atoms with Crippen LogP contribution in [0.1, 0.15) is 33.4 Å². The highest BCUT2D eigenvalue weighted by Crippen LogP contribution is 2.63. The highest BCUT2D eigenvalue weighted by molar-refractivity contribution is 6.21. The molecule has 244 valence electrons. The zero-order chi connectivity index (χ0) is 34.1. The van der Waals surface area contributed by atoms with Gasteiger partial charge in [-0.3, -0.25) is 0 Å². The fraction of sp³-hybridized carbons (Fsp3) is 0.0800. The van der Waals surface area contributed by atoms with E-state index >= 15 is 0 Å². The quantitative estimate of drug-likeness (QED) is 0.183. The van der Waals surface area contributed by atoms with Crippen LogP contribution in [-0.2, 0) is 25.3 Å². The molecule has 0 bridgehead atoms. The van der Waals surface area contributed by atoms with Crippen LogP contribution in [0.5, 0.6) is 0 Å². The molecule has 1 spiro atoms. The van der Waals surface area contributed by atoms with Gasteiger partial charge in [0.2, 0.25) is 0 Å². The molecule has 0 fully saturated rings. The summed E-state index contributed by atoms with van der Waals surface area (Å²) >= 11 is 0. The predicted octanol–water partition coefficient (Wildman–Crippen LogP) is 12.4. The van der Waals surface area contributed by atoms with Crippen molar-refractivity contribution in [3.05, 3.63) is 197 Å². The molecule has 0 atom stereocenters. The zero-order valence-corrected chi connectivity index (χ0v) is 28.9. The van der Waals surface area contributed by atoms with Crippen molar-refractivity contribution in [1.29, 1.82) is 0 Å². The second-order valence-electron chi connectivity index (χ2n) is 14.8. The van der Waals surface area contributed by atoms with Crippen molar-refractivity contribution in [3.63, 3.8) is 0 Å². The summed E-state index contributed by atoms with van der Waals surface area (Å²) in [5, 5.41) is 5.49. The Morgan fingerprint density at radius 1 is 0.442 bits per heavy atom. The largest absolute Gasteiger partial charge is 0.341 e. The Morgan fingerprint density at radius 2 is 1.02 bits per heavy atom. The van der Waals surface area contributed by atoms with Crippen LogP contribution in [-0.4, -0.2) is 4.57 Å². The summed E-state index contributed by atoms with van der Waals surface area (Å²) in [6.07, 6.45) is 2.22. The number of aromatic nitrogens is 1. The molecule has 0 radical (unpaired) electrons. The van der Waals surface area contributed by atoms with Gasteiger partial charge in [-0.1, -0.05) is 133 Å². The van der Waals surface area contributed by atoms with E-state index in [4.69, 9.17) is 0 Å². The Kier molecular flexibility index (Phi) is 5.51. The van der Waals surface area contributed by atoms with E-state index in [-0.39, 0.29) is 0 Å². The van der Waals surface area contributed by atoms with E-state index in [1.807, 2.05) is 0 Å². The normalized spacial score (nSPS) is 14.2. The van der Waals surface area contributed by atoms with E-state index in [9.17, 15) is 0 Å². The molecule has 2 nitrogen and oxygen atoms in total. The lowest BCUT2D eigenvalue weighted by molar-refractivity contribution is 0.773. The van der Waals surface area contributed by atoms with Crippen LogP contribution in [0.2, 0.25) is 0 Å². The van der Waals surface area contributed by atoms with Crippen LogP contribution in [0.25, 0.3) is 54.8 Å². The predicted molar refractivity (Wildman–Crippen MR) is 216 cm³/mol. The van der Waals surface area contributed by atoms with Crippen molar-refractivity contribution < 1.29 is 0 Å². The number of rotatable bonds is 3. The summed E-state index contributed by atoms with van der Waals surface area (Å²) in [6, 6.07) is 61.5. The van der Waals surface area contributed by atoms with Gasteiger partial charge in [-0.15, -0.1) is 0 Å². The molecule has 0 saturated carbocycles. The number of benzene rings is 8. The van der Waals surface area contributed by atoms with Gasteiger partial charge in [-0.05, 0) is 104 Å². The van der Waals surface area contributed by atoms with Gasteiger partial charge < -0.3 is 9.47 Å². The van der Waals surface area contributed by atoms with Crippen molar-refractivity contribution in [1.82, 2.24) is 4.57 Å². The first-order chi connectivity index (χ1) is 25.7. The molecular weight excluding hydrogens is 629 g/mol. The Balaban J connectivity index is 1.27. The number of para-hydroxylation sites is 3. The molecule has 1 aromatic heterocycles. The lowest BCUT2D eigenvalue weighted by atomic mass is 9.61. The van der Waals surface area contributed by atoms with Crippen molar-refractivity contribution in [2.75, 3.05) is 4.90 Å². The Hall–Kier alpha value is -6.38. The Morgan fingerprint density at radius 3 is 1.69 bits per heavy atom. The van der Waals surface area contributed by atoms with Crippen molar-refractivity contribution in [3.8, 4) is 22.3 Å². The second kappa shape index (κ2) is 10.1. The summed E-state index contributed by atoms with van der Waals surface area (Å²) in [5.74, 6) is 0. The van der Waals surface area contributed by atoms with Gasteiger partial charge >= 0.3 is 0 Å². The molecule has 52 heavy (non-hydrogen) atoms. The summed E-state index contributed by atoms with van der Waals surface area (Å²) in [7, 11) is 2.29.